The van der Waals surface area contributed by atoms with Gasteiger partial charge < -0.3 is 9.30 Å². The minimum absolute atomic E-state index is 0.0607. The van der Waals surface area contributed by atoms with Crippen molar-refractivity contribution in [2.24, 2.45) is 0 Å². The van der Waals surface area contributed by atoms with E-state index in [2.05, 4.69) is 107 Å². The molecule has 0 amide bonds. The molecule has 0 fully saturated rings. The predicted octanol–water partition coefficient (Wildman–Crippen LogP) is 9.24. The summed E-state index contributed by atoms with van der Waals surface area (Å²) in [5.74, 6) is 0. The van der Waals surface area contributed by atoms with E-state index in [1.807, 2.05) is 0 Å². The Kier molecular flexibility index (Phi) is 7.81. The number of alkyl halides is 2. The van der Waals surface area contributed by atoms with Crippen LogP contribution < -0.4 is 0 Å². The number of fused-ring (bicyclic) bond motifs is 5. The molecule has 5 heteroatoms. The summed E-state index contributed by atoms with van der Waals surface area (Å²) in [6, 6.07) is 19.2. The molecule has 1 spiro atoms. The largest absolute Gasteiger partial charge is 0.393 e. The Hall–Kier alpha value is -1.26. The average molecular weight is 545 g/mol. The molecule has 2 nitrogen and oxygen atoms in total. The lowest BCUT2D eigenvalue weighted by atomic mass is 9.94. The lowest BCUT2D eigenvalue weighted by Gasteiger charge is -2.53. The third-order valence-electron chi connectivity index (χ3n) is 7.95. The highest BCUT2D eigenvalue weighted by atomic mass is 35.5. The summed E-state index contributed by atoms with van der Waals surface area (Å²) in [7, 11) is -2.25. The Morgan fingerprint density at radius 1 is 0.833 bits per heavy atom. The molecule has 0 N–H and O–H groups in total. The second kappa shape index (κ2) is 10.1. The van der Waals surface area contributed by atoms with Crippen LogP contribution in [0.2, 0.25) is 12.6 Å². The van der Waals surface area contributed by atoms with Crippen molar-refractivity contribution in [3.63, 3.8) is 0 Å². The molecule has 36 heavy (non-hydrogen) atoms. The number of ether oxygens (including phenoxy) is 1. The zero-order chi connectivity index (χ0) is 26.4. The Morgan fingerprint density at radius 2 is 1.36 bits per heavy atom. The van der Waals surface area contributed by atoms with Crippen LogP contribution >= 0.6 is 23.2 Å². The van der Waals surface area contributed by atoms with Crippen molar-refractivity contribution in [1.82, 2.24) is 4.57 Å². The fourth-order valence-corrected chi connectivity index (χ4v) is 13.5. The fourth-order valence-electron chi connectivity index (χ4n) is 6.81. The molecule has 0 aromatic heterocycles. The van der Waals surface area contributed by atoms with Crippen LogP contribution in [0.15, 0.2) is 60.3 Å². The molecule has 1 unspecified atom stereocenters. The van der Waals surface area contributed by atoms with Crippen LogP contribution in [0.1, 0.15) is 78.4 Å². The minimum Gasteiger partial charge on any atom is -0.393 e. The first-order chi connectivity index (χ1) is 16.8. The van der Waals surface area contributed by atoms with Crippen LogP contribution in [0, 0.1) is 0 Å². The molecule has 0 radical (unpaired) electrons. The topological polar surface area (TPSA) is 12.5 Å². The molecule has 2 aromatic carbocycles. The Balaban J connectivity index is 1.73. The first kappa shape index (κ1) is 27.8. The minimum atomic E-state index is -2.25. The summed E-state index contributed by atoms with van der Waals surface area (Å²) in [6.45, 7) is 16.8. The van der Waals surface area contributed by atoms with E-state index in [-0.39, 0.29) is 16.2 Å². The van der Waals surface area contributed by atoms with Gasteiger partial charge >= 0.3 is 0 Å². The van der Waals surface area contributed by atoms with Gasteiger partial charge in [-0.3, -0.25) is 0 Å². The van der Waals surface area contributed by atoms with Crippen LogP contribution in [-0.2, 0) is 9.78 Å². The highest BCUT2D eigenvalue weighted by molar-refractivity contribution is 6.82. The summed E-state index contributed by atoms with van der Waals surface area (Å²) in [6.07, 6.45) is 7.20. The van der Waals surface area contributed by atoms with E-state index in [0.29, 0.717) is 0 Å². The molecule has 0 saturated carbocycles. The number of halogens is 2. The van der Waals surface area contributed by atoms with Crippen molar-refractivity contribution in [2.75, 3.05) is 6.61 Å². The van der Waals surface area contributed by atoms with Crippen molar-refractivity contribution < 1.29 is 4.74 Å². The number of nitrogens with zero attached hydrogens (tertiary/aromatic N) is 1. The summed E-state index contributed by atoms with van der Waals surface area (Å²) < 4.78 is 8.64. The third kappa shape index (κ3) is 4.82. The van der Waals surface area contributed by atoms with Crippen LogP contribution in [-0.4, -0.2) is 35.4 Å². The Morgan fingerprint density at radius 3 is 1.86 bits per heavy atom. The standard InChI is InChI=1S/C31H43Cl2NOSi/c1-29(2,3)34-27(28(32)33)22-31(36(34,7)21-15-9-8-14-20-35-30(4,5)6)25-18-12-10-16-23(25)24-17-11-13-19-26(24)31/h10-13,16-19,22,28H,8-9,14-15,20-21H2,1-7H3. The molecule has 2 aliphatic rings. The zero-order valence-corrected chi connectivity index (χ0v) is 25.6. The zero-order valence-electron chi connectivity index (χ0n) is 23.1. The van der Waals surface area contributed by atoms with Gasteiger partial charge in [-0.05, 0) is 82.3 Å². The van der Waals surface area contributed by atoms with Gasteiger partial charge in [-0.15, -0.1) is 0 Å². The van der Waals surface area contributed by atoms with Gasteiger partial charge in [0.25, 0.3) is 0 Å². The Bertz CT molecular complexity index is 1070. The van der Waals surface area contributed by atoms with Gasteiger partial charge in [0.2, 0.25) is 0 Å². The molecule has 1 aliphatic carbocycles. The van der Waals surface area contributed by atoms with Crippen molar-refractivity contribution in [1.29, 1.82) is 0 Å². The van der Waals surface area contributed by atoms with Crippen molar-refractivity contribution >= 4 is 31.4 Å². The molecule has 4 rings (SSSR count). The molecule has 0 bridgehead atoms. The second-order valence-corrected chi connectivity index (χ2v) is 18.1. The predicted molar refractivity (Wildman–Crippen MR) is 158 cm³/mol. The summed E-state index contributed by atoms with van der Waals surface area (Å²) >= 11 is 13.5. The van der Waals surface area contributed by atoms with Crippen molar-refractivity contribution in [3.05, 3.63) is 71.4 Å². The van der Waals surface area contributed by atoms with Gasteiger partial charge in [-0.25, -0.2) is 0 Å². The van der Waals surface area contributed by atoms with Gasteiger partial charge in [-0.2, -0.15) is 0 Å². The number of unbranched alkanes of at least 4 members (excludes halogenated alkanes) is 3. The van der Waals surface area contributed by atoms with Gasteiger partial charge in [0, 0.05) is 17.8 Å². The Labute approximate surface area is 230 Å². The molecule has 196 valence electrons. The molecule has 1 heterocycles. The molecular formula is C31H43Cl2NOSi. The van der Waals surface area contributed by atoms with Crippen LogP contribution in [0.5, 0.6) is 0 Å². The second-order valence-electron chi connectivity index (χ2n) is 12.7. The molecule has 0 saturated heterocycles. The maximum absolute atomic E-state index is 6.75. The molecular weight excluding hydrogens is 501 g/mol. The van der Waals surface area contributed by atoms with Gasteiger partial charge in [-0.1, -0.05) is 97.5 Å². The number of hydrogen-bond acceptors (Lipinski definition) is 2. The average Bonchev–Trinajstić information content (AvgIpc) is 3.24. The van der Waals surface area contributed by atoms with Crippen LogP contribution in [0.3, 0.4) is 0 Å². The van der Waals surface area contributed by atoms with E-state index in [1.165, 1.54) is 47.6 Å². The number of allylic oxidation sites excluding steroid dienone is 2. The SMILES string of the molecule is CC(C)(C)OCCCCCC[Si]1(C)N(C(C)(C)C)C(C(Cl)Cl)=CC12c1ccccc1-c1ccccc12. The summed E-state index contributed by atoms with van der Waals surface area (Å²) in [5, 5.41) is -0.166. The summed E-state index contributed by atoms with van der Waals surface area (Å²) in [5.41, 5.74) is 6.52. The molecule has 2 aromatic rings. The monoisotopic (exact) mass is 543 g/mol. The van der Waals surface area contributed by atoms with Crippen LogP contribution in [0.25, 0.3) is 11.1 Å². The van der Waals surface area contributed by atoms with Crippen LogP contribution in [0.4, 0.5) is 0 Å². The maximum Gasteiger partial charge on any atom is 0.172 e. The van der Waals surface area contributed by atoms with Gasteiger partial charge in [0.05, 0.1) is 10.6 Å². The highest BCUT2D eigenvalue weighted by Crippen LogP contribution is 2.61. The van der Waals surface area contributed by atoms with E-state index in [4.69, 9.17) is 27.9 Å². The maximum atomic E-state index is 6.75. The first-order valence-corrected chi connectivity index (χ1v) is 17.0. The van der Waals surface area contributed by atoms with E-state index >= 15 is 0 Å². The van der Waals surface area contributed by atoms with Gasteiger partial charge in [0.15, 0.2) is 8.24 Å². The van der Waals surface area contributed by atoms with E-state index in [0.717, 1.165) is 18.7 Å². The lowest BCUT2D eigenvalue weighted by Crippen LogP contribution is -2.65. The van der Waals surface area contributed by atoms with Crippen molar-refractivity contribution in [2.45, 2.75) is 101 Å². The number of benzene rings is 2. The van der Waals surface area contributed by atoms with E-state index < -0.39 is 13.1 Å². The third-order valence-corrected chi connectivity index (χ3v) is 14.0. The fraction of sp³-hybridized carbons (Fsp3) is 0.548. The molecule has 1 atom stereocenters. The number of rotatable bonds is 8. The lowest BCUT2D eigenvalue weighted by molar-refractivity contribution is -0.00471. The quantitative estimate of drug-likeness (QED) is 0.187. The first-order valence-electron chi connectivity index (χ1n) is 13.5. The normalized spacial score (nSPS) is 20.7. The smallest absolute Gasteiger partial charge is 0.172 e. The summed E-state index contributed by atoms with van der Waals surface area (Å²) in [4.78, 5) is -0.551. The van der Waals surface area contributed by atoms with Gasteiger partial charge in [0.1, 0.15) is 4.84 Å². The highest BCUT2D eigenvalue weighted by Gasteiger charge is 2.64. The van der Waals surface area contributed by atoms with Crippen molar-refractivity contribution in [3.8, 4) is 11.1 Å². The molecule has 1 aliphatic heterocycles. The van der Waals surface area contributed by atoms with E-state index in [9.17, 15) is 0 Å². The van der Waals surface area contributed by atoms with E-state index in [1.54, 1.807) is 0 Å². The number of hydrogen-bond donors (Lipinski definition) is 0.